The molecule has 1 aliphatic rings. The van der Waals surface area contributed by atoms with E-state index in [1.165, 1.54) is 10.6 Å². The summed E-state index contributed by atoms with van der Waals surface area (Å²) in [5.41, 5.74) is 2.69. The van der Waals surface area contributed by atoms with Crippen LogP contribution in [0.5, 0.6) is 0 Å². The maximum absolute atomic E-state index is 11.8. The van der Waals surface area contributed by atoms with E-state index in [0.717, 1.165) is 30.7 Å². The highest BCUT2D eigenvalue weighted by atomic mass is 16.5. The van der Waals surface area contributed by atoms with E-state index in [-0.39, 0.29) is 11.5 Å². The van der Waals surface area contributed by atoms with Gasteiger partial charge in [-0.05, 0) is 18.9 Å². The number of aromatic nitrogens is 6. The van der Waals surface area contributed by atoms with Gasteiger partial charge in [0.25, 0.3) is 5.56 Å². The van der Waals surface area contributed by atoms with E-state index in [9.17, 15) is 4.79 Å². The minimum absolute atomic E-state index is 0.107. The van der Waals surface area contributed by atoms with Crippen LogP contribution in [0.1, 0.15) is 29.6 Å². The Morgan fingerprint density at radius 1 is 1.42 bits per heavy atom. The summed E-state index contributed by atoms with van der Waals surface area (Å²) >= 11 is 0. The number of ether oxygens (including phenoxy) is 1. The molecule has 9 heteroatoms. The lowest BCUT2D eigenvalue weighted by Crippen LogP contribution is -2.18. The van der Waals surface area contributed by atoms with Crippen LogP contribution in [0.15, 0.2) is 27.6 Å². The first-order chi connectivity index (χ1) is 12.7. The molecular weight excluding hydrogens is 336 g/mol. The Kier molecular flexibility index (Phi) is 4.37. The van der Waals surface area contributed by atoms with Crippen molar-refractivity contribution in [3.05, 3.63) is 46.0 Å². The summed E-state index contributed by atoms with van der Waals surface area (Å²) < 4.78 is 14.0. The van der Waals surface area contributed by atoms with Gasteiger partial charge >= 0.3 is 0 Å². The molecule has 0 N–H and O–H groups in total. The summed E-state index contributed by atoms with van der Waals surface area (Å²) in [5, 5.41) is 12.5. The van der Waals surface area contributed by atoms with Crippen molar-refractivity contribution in [2.24, 2.45) is 7.05 Å². The fraction of sp³-hybridized carbons (Fsp3) is 0.471. The molecule has 3 aromatic heterocycles. The summed E-state index contributed by atoms with van der Waals surface area (Å²) in [7, 11) is 3.37. The standard InChI is InChI=1S/C17H20N6O3/c1-22-6-5-11(10-15(22)24)16-18-17(26-20-16)12-3-4-13-14(9-12)23(21-19-13)7-8-25-2/h5-6,10,12H,3-4,7-9H2,1-2H3. The van der Waals surface area contributed by atoms with E-state index in [1.807, 2.05) is 4.68 Å². The highest BCUT2D eigenvalue weighted by molar-refractivity contribution is 5.52. The number of nitrogens with zero attached hydrogens (tertiary/aromatic N) is 6. The third-order valence-electron chi connectivity index (χ3n) is 4.75. The summed E-state index contributed by atoms with van der Waals surface area (Å²) in [4.78, 5) is 16.3. The number of aryl methyl sites for hydroxylation is 2. The van der Waals surface area contributed by atoms with Gasteiger partial charge in [-0.2, -0.15) is 4.98 Å². The smallest absolute Gasteiger partial charge is 0.250 e. The van der Waals surface area contributed by atoms with Crippen LogP contribution < -0.4 is 5.56 Å². The molecule has 1 unspecified atom stereocenters. The summed E-state index contributed by atoms with van der Waals surface area (Å²) in [6.07, 6.45) is 4.16. The monoisotopic (exact) mass is 356 g/mol. The van der Waals surface area contributed by atoms with Crippen molar-refractivity contribution in [3.8, 4) is 11.4 Å². The molecule has 0 fully saturated rings. The summed E-state index contributed by atoms with van der Waals surface area (Å²) in [5.74, 6) is 1.15. The Balaban J connectivity index is 1.56. The van der Waals surface area contributed by atoms with Gasteiger partial charge in [0.05, 0.1) is 24.5 Å². The lowest BCUT2D eigenvalue weighted by atomic mass is 9.89. The number of rotatable bonds is 5. The zero-order chi connectivity index (χ0) is 18.1. The largest absolute Gasteiger partial charge is 0.383 e. The molecule has 4 rings (SSSR count). The van der Waals surface area contributed by atoms with Gasteiger partial charge < -0.3 is 13.8 Å². The van der Waals surface area contributed by atoms with E-state index in [0.29, 0.717) is 30.4 Å². The maximum Gasteiger partial charge on any atom is 0.250 e. The highest BCUT2D eigenvalue weighted by Crippen LogP contribution is 2.31. The zero-order valence-corrected chi connectivity index (χ0v) is 14.8. The quantitative estimate of drug-likeness (QED) is 0.671. The van der Waals surface area contributed by atoms with Gasteiger partial charge in [0.15, 0.2) is 0 Å². The van der Waals surface area contributed by atoms with Gasteiger partial charge in [-0.1, -0.05) is 10.4 Å². The predicted octanol–water partition coefficient (Wildman–Crippen LogP) is 0.946. The summed E-state index contributed by atoms with van der Waals surface area (Å²) in [6, 6.07) is 3.32. The van der Waals surface area contributed by atoms with Crippen LogP contribution in [0.2, 0.25) is 0 Å². The van der Waals surface area contributed by atoms with Gasteiger partial charge in [-0.3, -0.25) is 4.79 Å². The van der Waals surface area contributed by atoms with E-state index in [1.54, 1.807) is 26.4 Å². The molecule has 1 atom stereocenters. The Labute approximate surface area is 149 Å². The number of hydrogen-bond donors (Lipinski definition) is 0. The SMILES string of the molecule is COCCn1nnc2c1CC(c1nc(-c3ccn(C)c(=O)c3)no1)CC2. The first-order valence-electron chi connectivity index (χ1n) is 8.56. The van der Waals surface area contributed by atoms with E-state index < -0.39 is 0 Å². The van der Waals surface area contributed by atoms with Crippen LogP contribution in [-0.4, -0.2) is 43.4 Å². The van der Waals surface area contributed by atoms with Crippen molar-refractivity contribution in [2.75, 3.05) is 13.7 Å². The minimum Gasteiger partial charge on any atom is -0.383 e. The fourth-order valence-corrected chi connectivity index (χ4v) is 3.21. The first kappa shape index (κ1) is 16.6. The Bertz CT molecular complexity index is 973. The topological polar surface area (TPSA) is 101 Å². The van der Waals surface area contributed by atoms with Crippen molar-refractivity contribution in [3.63, 3.8) is 0 Å². The molecule has 0 aliphatic heterocycles. The number of fused-ring (bicyclic) bond motifs is 1. The van der Waals surface area contributed by atoms with E-state index in [2.05, 4.69) is 20.5 Å². The van der Waals surface area contributed by atoms with Crippen LogP contribution in [0, 0.1) is 0 Å². The van der Waals surface area contributed by atoms with Gasteiger partial charge in [0.1, 0.15) is 0 Å². The predicted molar refractivity (Wildman–Crippen MR) is 91.6 cm³/mol. The van der Waals surface area contributed by atoms with Crippen molar-refractivity contribution in [2.45, 2.75) is 31.7 Å². The normalized spacial score (nSPS) is 16.6. The Morgan fingerprint density at radius 3 is 3.12 bits per heavy atom. The van der Waals surface area contributed by atoms with Crippen molar-refractivity contribution < 1.29 is 9.26 Å². The molecule has 0 saturated heterocycles. The molecule has 0 bridgehead atoms. The average Bonchev–Trinajstić information content (AvgIpc) is 3.29. The molecule has 0 saturated carbocycles. The second kappa shape index (κ2) is 6.83. The molecule has 3 heterocycles. The zero-order valence-electron chi connectivity index (χ0n) is 14.8. The van der Waals surface area contributed by atoms with Crippen LogP contribution in [0.25, 0.3) is 11.4 Å². The van der Waals surface area contributed by atoms with Crippen LogP contribution in [0.3, 0.4) is 0 Å². The number of methoxy groups -OCH3 is 1. The van der Waals surface area contributed by atoms with Gasteiger partial charge in [0, 0.05) is 44.3 Å². The molecule has 0 aromatic carbocycles. The lowest BCUT2D eigenvalue weighted by Gasteiger charge is -2.19. The molecule has 3 aromatic rings. The average molecular weight is 356 g/mol. The molecule has 0 radical (unpaired) electrons. The highest BCUT2D eigenvalue weighted by Gasteiger charge is 2.29. The number of hydrogen-bond acceptors (Lipinski definition) is 7. The van der Waals surface area contributed by atoms with E-state index in [4.69, 9.17) is 9.26 Å². The molecule has 0 amide bonds. The van der Waals surface area contributed by atoms with Gasteiger partial charge in [-0.25, -0.2) is 4.68 Å². The van der Waals surface area contributed by atoms with Crippen molar-refractivity contribution in [1.29, 1.82) is 0 Å². The summed E-state index contributed by atoms with van der Waals surface area (Å²) in [6.45, 7) is 1.27. The van der Waals surface area contributed by atoms with Crippen molar-refractivity contribution >= 4 is 0 Å². The van der Waals surface area contributed by atoms with Crippen LogP contribution in [0.4, 0.5) is 0 Å². The van der Waals surface area contributed by atoms with Crippen LogP contribution >= 0.6 is 0 Å². The second-order valence-corrected chi connectivity index (χ2v) is 6.46. The molecule has 136 valence electrons. The number of pyridine rings is 1. The van der Waals surface area contributed by atoms with Gasteiger partial charge in [0.2, 0.25) is 11.7 Å². The van der Waals surface area contributed by atoms with Gasteiger partial charge in [-0.15, -0.1) is 5.10 Å². The molecule has 9 nitrogen and oxygen atoms in total. The van der Waals surface area contributed by atoms with Crippen molar-refractivity contribution in [1.82, 2.24) is 29.7 Å². The molecule has 0 spiro atoms. The van der Waals surface area contributed by atoms with E-state index >= 15 is 0 Å². The maximum atomic E-state index is 11.8. The molecular formula is C17H20N6O3. The second-order valence-electron chi connectivity index (χ2n) is 6.46. The molecule has 26 heavy (non-hydrogen) atoms. The minimum atomic E-state index is -0.107. The Morgan fingerprint density at radius 2 is 2.31 bits per heavy atom. The molecule has 1 aliphatic carbocycles. The Hall–Kier alpha value is -2.81. The third kappa shape index (κ3) is 3.05. The first-order valence-corrected chi connectivity index (χ1v) is 8.56. The third-order valence-corrected chi connectivity index (χ3v) is 4.75. The fourth-order valence-electron chi connectivity index (χ4n) is 3.21. The lowest BCUT2D eigenvalue weighted by molar-refractivity contribution is 0.181. The van der Waals surface area contributed by atoms with Crippen LogP contribution in [-0.2, 0) is 31.2 Å².